The highest BCUT2D eigenvalue weighted by Gasteiger charge is 2.43. The van der Waals surface area contributed by atoms with Crippen molar-refractivity contribution >= 4 is 27.9 Å². The van der Waals surface area contributed by atoms with Crippen molar-refractivity contribution in [3.8, 4) is 44.5 Å². The van der Waals surface area contributed by atoms with Crippen molar-refractivity contribution in [3.05, 3.63) is 281 Å². The summed E-state index contributed by atoms with van der Waals surface area (Å²) in [6, 6.07) is 84.3. The van der Waals surface area contributed by atoms with E-state index < -0.39 is 0 Å². The van der Waals surface area contributed by atoms with Crippen LogP contribution in [0.5, 0.6) is 0 Å². The van der Waals surface area contributed by atoms with Gasteiger partial charge in [-0.1, -0.05) is 231 Å². The van der Waals surface area contributed by atoms with Crippen molar-refractivity contribution in [2.24, 2.45) is 0 Å². The summed E-state index contributed by atoms with van der Waals surface area (Å²) in [5.41, 5.74) is 27.6. The van der Waals surface area contributed by atoms with Gasteiger partial charge in [-0.2, -0.15) is 0 Å². The Morgan fingerprint density at radius 3 is 0.758 bits per heavy atom. The van der Waals surface area contributed by atoms with Crippen molar-refractivity contribution < 1.29 is 0 Å². The summed E-state index contributed by atoms with van der Waals surface area (Å²) in [4.78, 5) is 0. The molecule has 0 heteroatoms. The largest absolute Gasteiger partial charge is 0.0622 e. The highest BCUT2D eigenvalue weighted by Crippen LogP contribution is 2.64. The van der Waals surface area contributed by atoms with Gasteiger partial charge >= 0.3 is 0 Å². The van der Waals surface area contributed by atoms with E-state index in [4.69, 9.17) is 0 Å². The summed E-state index contributed by atoms with van der Waals surface area (Å²) >= 11 is 0. The SMILES string of the molecule is Cc1c2c(c(C)c(-c3ccccc3)c1-c1ccccc1)C(c1ccc(-c3ccccc3)cc1)=C1C(c3ccccc3)=C(c3ccccc3)C(c3ccc(-c4ccccc4)cc3)=C12. The molecular formula is C62H44. The lowest BCUT2D eigenvalue weighted by Gasteiger charge is -2.24. The van der Waals surface area contributed by atoms with Gasteiger partial charge in [0, 0.05) is 0 Å². The quantitative estimate of drug-likeness (QED) is 0.144. The molecule has 0 nitrogen and oxygen atoms in total. The van der Waals surface area contributed by atoms with Crippen LogP contribution in [-0.4, -0.2) is 0 Å². The van der Waals surface area contributed by atoms with Crippen molar-refractivity contribution in [1.82, 2.24) is 0 Å². The van der Waals surface area contributed by atoms with Crippen LogP contribution in [0.4, 0.5) is 0 Å². The highest BCUT2D eigenvalue weighted by atomic mass is 14.4. The Kier molecular flexibility index (Phi) is 9.40. The lowest BCUT2D eigenvalue weighted by molar-refractivity contribution is 1.34. The van der Waals surface area contributed by atoms with E-state index in [2.05, 4.69) is 244 Å². The minimum atomic E-state index is 1.21. The minimum Gasteiger partial charge on any atom is -0.0622 e. The molecule has 9 aromatic carbocycles. The molecule has 0 amide bonds. The van der Waals surface area contributed by atoms with Crippen molar-refractivity contribution in [1.29, 1.82) is 0 Å². The maximum absolute atomic E-state index is 2.37. The van der Waals surface area contributed by atoms with E-state index in [0.717, 1.165) is 0 Å². The smallest absolute Gasteiger partial charge is 0.000117 e. The number of hydrogen-bond donors (Lipinski definition) is 0. The predicted molar refractivity (Wildman–Crippen MR) is 263 cm³/mol. The molecule has 0 aromatic heterocycles. The average Bonchev–Trinajstić information content (AvgIpc) is 3.88. The Labute approximate surface area is 365 Å². The van der Waals surface area contributed by atoms with Gasteiger partial charge < -0.3 is 0 Å². The van der Waals surface area contributed by atoms with Gasteiger partial charge in [-0.25, -0.2) is 0 Å². The van der Waals surface area contributed by atoms with Crippen molar-refractivity contribution in [2.75, 3.05) is 0 Å². The second-order valence-electron chi connectivity index (χ2n) is 16.4. The van der Waals surface area contributed by atoms with Gasteiger partial charge in [0.1, 0.15) is 0 Å². The van der Waals surface area contributed by atoms with Crippen LogP contribution >= 0.6 is 0 Å². The molecule has 0 radical (unpaired) electrons. The van der Waals surface area contributed by atoms with Crippen LogP contribution in [0.2, 0.25) is 0 Å². The molecule has 0 aliphatic heterocycles. The van der Waals surface area contributed by atoms with E-state index >= 15 is 0 Å². The van der Waals surface area contributed by atoms with E-state index in [9.17, 15) is 0 Å². The van der Waals surface area contributed by atoms with E-state index in [-0.39, 0.29) is 0 Å². The zero-order valence-corrected chi connectivity index (χ0v) is 34.9. The first-order valence-electron chi connectivity index (χ1n) is 21.6. The lowest BCUT2D eigenvalue weighted by Crippen LogP contribution is -2.03. The van der Waals surface area contributed by atoms with E-state index in [1.165, 1.54) is 122 Å². The Bertz CT molecular complexity index is 3190. The number of hydrogen-bond acceptors (Lipinski definition) is 0. The Hall–Kier alpha value is -7.80. The van der Waals surface area contributed by atoms with Crippen LogP contribution in [0, 0.1) is 13.8 Å². The summed E-state index contributed by atoms with van der Waals surface area (Å²) in [7, 11) is 0. The summed E-state index contributed by atoms with van der Waals surface area (Å²) in [6.07, 6.45) is 0. The van der Waals surface area contributed by atoms with Gasteiger partial charge in [0.05, 0.1) is 0 Å². The van der Waals surface area contributed by atoms with Crippen LogP contribution in [0.15, 0.2) is 236 Å². The molecule has 0 heterocycles. The number of rotatable bonds is 8. The van der Waals surface area contributed by atoms with Gasteiger partial charge in [-0.15, -0.1) is 0 Å². The molecule has 0 saturated carbocycles. The first kappa shape index (κ1) is 37.2. The molecule has 0 N–H and O–H groups in total. The third-order valence-electron chi connectivity index (χ3n) is 12.8. The average molecular weight is 789 g/mol. The second-order valence-corrected chi connectivity index (χ2v) is 16.4. The Morgan fingerprint density at radius 1 is 0.161 bits per heavy atom. The predicted octanol–water partition coefficient (Wildman–Crippen LogP) is 16.3. The summed E-state index contributed by atoms with van der Waals surface area (Å²) in [6.45, 7) is 4.74. The molecule has 0 spiro atoms. The molecule has 292 valence electrons. The maximum atomic E-state index is 2.37. The van der Waals surface area contributed by atoms with Gasteiger partial charge in [0.25, 0.3) is 0 Å². The molecule has 11 rings (SSSR count). The monoisotopic (exact) mass is 788 g/mol. The normalized spacial score (nSPS) is 13.1. The first-order chi connectivity index (χ1) is 30.7. The molecule has 0 unspecified atom stereocenters. The molecular weight excluding hydrogens is 745 g/mol. The van der Waals surface area contributed by atoms with Crippen LogP contribution in [-0.2, 0) is 0 Å². The van der Waals surface area contributed by atoms with Gasteiger partial charge in [0.15, 0.2) is 0 Å². The lowest BCUT2D eigenvalue weighted by atomic mass is 9.79. The highest BCUT2D eigenvalue weighted by molar-refractivity contribution is 6.40. The maximum Gasteiger partial charge on any atom is -0.000117 e. The van der Waals surface area contributed by atoms with Crippen molar-refractivity contribution in [2.45, 2.75) is 13.8 Å². The zero-order chi connectivity index (χ0) is 41.6. The summed E-state index contributed by atoms with van der Waals surface area (Å²) in [5.74, 6) is 0. The topological polar surface area (TPSA) is 0 Å². The van der Waals surface area contributed by atoms with Gasteiger partial charge in [0.2, 0.25) is 0 Å². The van der Waals surface area contributed by atoms with Gasteiger partial charge in [-0.05, 0) is 136 Å². The summed E-state index contributed by atoms with van der Waals surface area (Å²) < 4.78 is 0. The Balaban J connectivity index is 1.31. The minimum absolute atomic E-state index is 1.21. The molecule has 9 aromatic rings. The summed E-state index contributed by atoms with van der Waals surface area (Å²) in [5, 5.41) is 0. The molecule has 0 bridgehead atoms. The molecule has 2 aliphatic rings. The van der Waals surface area contributed by atoms with Crippen LogP contribution in [0.3, 0.4) is 0 Å². The molecule has 0 saturated heterocycles. The van der Waals surface area contributed by atoms with Crippen LogP contribution < -0.4 is 0 Å². The van der Waals surface area contributed by atoms with E-state index in [1.807, 2.05) is 0 Å². The first-order valence-corrected chi connectivity index (χ1v) is 21.6. The fourth-order valence-corrected chi connectivity index (χ4v) is 10.1. The number of fused-ring (bicyclic) bond motifs is 3. The van der Waals surface area contributed by atoms with Crippen molar-refractivity contribution in [3.63, 3.8) is 0 Å². The van der Waals surface area contributed by atoms with Crippen LogP contribution in [0.1, 0.15) is 44.5 Å². The molecule has 2 aliphatic carbocycles. The standard InChI is InChI=1S/C62H44/c1-41-53(47-25-13-5-14-26-47)54(48-27-15-6-16-28-48)42(2)56-55(41)57(51-37-33-45(34-38-51)43-21-9-3-10-22-43)62-59(50-31-19-8-20-32-50)58(49-29-17-7-18-30-49)60(61(56)62)52-39-35-46(36-40-52)44-23-11-4-12-24-44/h3-40H,1-2H3. The van der Waals surface area contributed by atoms with Gasteiger partial charge in [-0.3, -0.25) is 0 Å². The molecule has 0 fully saturated rings. The third-order valence-corrected chi connectivity index (χ3v) is 12.8. The van der Waals surface area contributed by atoms with Crippen LogP contribution in [0.25, 0.3) is 72.4 Å². The number of allylic oxidation sites excluding steroid dienone is 5. The zero-order valence-electron chi connectivity index (χ0n) is 34.9. The Morgan fingerprint density at radius 2 is 0.387 bits per heavy atom. The number of benzene rings is 9. The van der Waals surface area contributed by atoms with E-state index in [0.29, 0.717) is 0 Å². The fraction of sp³-hybridized carbons (Fsp3) is 0.0323. The molecule has 0 atom stereocenters. The fourth-order valence-electron chi connectivity index (χ4n) is 10.1. The second kappa shape index (κ2) is 15.7. The molecule has 62 heavy (non-hydrogen) atoms. The van der Waals surface area contributed by atoms with E-state index in [1.54, 1.807) is 0 Å². The third kappa shape index (κ3) is 6.23.